The molecule has 7 rings (SSSR count). The number of hydrogen-bond donors (Lipinski definition) is 0. The van der Waals surface area contributed by atoms with E-state index < -0.39 is 0 Å². The number of rotatable bonds is 0. The molecule has 2 heterocycles. The van der Waals surface area contributed by atoms with Crippen LogP contribution in [-0.4, -0.2) is 11.7 Å². The van der Waals surface area contributed by atoms with Crippen LogP contribution in [0.2, 0.25) is 0 Å². The minimum absolute atomic E-state index is 0.0487. The highest BCUT2D eigenvalue weighted by Crippen LogP contribution is 2.46. The van der Waals surface area contributed by atoms with Crippen LogP contribution in [0.5, 0.6) is 0 Å². The van der Waals surface area contributed by atoms with E-state index in [0.29, 0.717) is 11.4 Å². The van der Waals surface area contributed by atoms with Crippen LogP contribution in [0, 0.1) is 13.8 Å². The summed E-state index contributed by atoms with van der Waals surface area (Å²) in [5.41, 5.74) is 8.97. The van der Waals surface area contributed by atoms with Crippen molar-refractivity contribution in [3.8, 4) is 0 Å². The van der Waals surface area contributed by atoms with E-state index in [4.69, 9.17) is 4.99 Å². The number of anilines is 1. The monoisotopic (exact) mass is 440 g/mol. The van der Waals surface area contributed by atoms with Crippen molar-refractivity contribution in [2.75, 3.05) is 4.90 Å². The highest BCUT2D eigenvalue weighted by molar-refractivity contribution is 6.42. The van der Waals surface area contributed by atoms with Crippen LogP contribution in [0.25, 0.3) is 22.9 Å². The number of nitrogens with zero attached hydrogens (tertiary/aromatic N) is 2. The lowest BCUT2D eigenvalue weighted by Gasteiger charge is -2.24. The van der Waals surface area contributed by atoms with E-state index in [1.165, 1.54) is 0 Å². The summed E-state index contributed by atoms with van der Waals surface area (Å²) in [6.07, 6.45) is 9.07. The predicted octanol–water partition coefficient (Wildman–Crippen LogP) is 5.94. The van der Waals surface area contributed by atoms with Crippen LogP contribution in [0.15, 0.2) is 92.8 Å². The second-order valence-corrected chi connectivity index (χ2v) is 9.35. The molecule has 0 atom stereocenters. The second kappa shape index (κ2) is 6.61. The van der Waals surface area contributed by atoms with Crippen LogP contribution in [0.1, 0.15) is 28.7 Å². The topological polar surface area (TPSA) is 49.7 Å². The Bertz CT molecular complexity index is 1730. The normalized spacial score (nSPS) is 17.4. The Morgan fingerprint density at radius 1 is 0.794 bits per heavy atom. The maximum atomic E-state index is 13.7. The molecule has 1 fully saturated rings. The number of fused-ring (bicyclic) bond motifs is 7. The first-order valence-electron chi connectivity index (χ1n) is 11.4. The van der Waals surface area contributed by atoms with E-state index in [-0.39, 0.29) is 11.3 Å². The van der Waals surface area contributed by atoms with Gasteiger partial charge < -0.3 is 0 Å². The van der Waals surface area contributed by atoms with Gasteiger partial charge in [-0.1, -0.05) is 36.4 Å². The standard InChI is InChI=1S/C30H20N2O2/c1-16-9-21-12-18-11-19(13-22(21)10-17(2)28(16)33)15-24-23(14-18)29-31-25-7-3-5-20-6-4-8-26(27(20)25)32(29)30(24)34/h3-10,12-15H,11H2,1-2H3. The molecule has 0 aromatic heterocycles. The van der Waals surface area contributed by atoms with Crippen molar-refractivity contribution in [3.05, 3.63) is 115 Å². The lowest BCUT2D eigenvalue weighted by atomic mass is 10.0. The van der Waals surface area contributed by atoms with Crippen LogP contribution in [-0.2, 0) is 4.79 Å². The fraction of sp³-hybridized carbons (Fsp3) is 0.100. The summed E-state index contributed by atoms with van der Waals surface area (Å²) in [5, 5.41) is 2.08. The summed E-state index contributed by atoms with van der Waals surface area (Å²) in [6.45, 7) is 3.72. The van der Waals surface area contributed by atoms with Crippen molar-refractivity contribution >= 4 is 46.0 Å². The molecule has 162 valence electrons. The third-order valence-electron chi connectivity index (χ3n) is 7.05. The molecule has 2 aliphatic heterocycles. The van der Waals surface area contributed by atoms with Gasteiger partial charge in [-0.15, -0.1) is 0 Å². The van der Waals surface area contributed by atoms with Gasteiger partial charge in [-0.05, 0) is 95.5 Å². The van der Waals surface area contributed by atoms with Crippen LogP contribution in [0.3, 0.4) is 0 Å². The molecule has 34 heavy (non-hydrogen) atoms. The van der Waals surface area contributed by atoms with Gasteiger partial charge in [-0.2, -0.15) is 0 Å². The second-order valence-electron chi connectivity index (χ2n) is 9.35. The molecule has 3 aromatic carbocycles. The fourth-order valence-electron chi connectivity index (χ4n) is 5.50. The first-order chi connectivity index (χ1) is 16.5. The molecular formula is C30H20N2O2. The average molecular weight is 441 g/mol. The number of amides is 1. The van der Waals surface area contributed by atoms with Gasteiger partial charge in [-0.3, -0.25) is 14.5 Å². The Morgan fingerprint density at radius 2 is 1.44 bits per heavy atom. The molecule has 2 aliphatic carbocycles. The van der Waals surface area contributed by atoms with Crippen molar-refractivity contribution in [1.82, 2.24) is 0 Å². The molecule has 2 bridgehead atoms. The maximum absolute atomic E-state index is 13.7. The fourth-order valence-corrected chi connectivity index (χ4v) is 5.50. The minimum atomic E-state index is -0.0487. The van der Waals surface area contributed by atoms with Gasteiger partial charge in [0.15, 0.2) is 5.43 Å². The summed E-state index contributed by atoms with van der Waals surface area (Å²) in [6, 6.07) is 16.0. The summed E-state index contributed by atoms with van der Waals surface area (Å²) in [5.74, 6) is 0.635. The van der Waals surface area contributed by atoms with Crippen molar-refractivity contribution in [1.29, 1.82) is 0 Å². The van der Waals surface area contributed by atoms with E-state index >= 15 is 0 Å². The van der Waals surface area contributed by atoms with Crippen molar-refractivity contribution < 1.29 is 4.79 Å². The first kappa shape index (κ1) is 19.2. The summed E-state index contributed by atoms with van der Waals surface area (Å²) >= 11 is 0. The zero-order valence-electron chi connectivity index (χ0n) is 18.8. The van der Waals surface area contributed by atoms with Crippen molar-refractivity contribution in [2.24, 2.45) is 4.99 Å². The minimum Gasteiger partial charge on any atom is -0.289 e. The lowest BCUT2D eigenvalue weighted by molar-refractivity contribution is -0.113. The molecule has 0 unspecified atom stereocenters. The number of carbonyl (C=O) groups is 1. The van der Waals surface area contributed by atoms with Crippen LogP contribution < -0.4 is 10.3 Å². The molecule has 4 heteroatoms. The van der Waals surface area contributed by atoms with Crippen molar-refractivity contribution in [2.45, 2.75) is 20.3 Å². The summed E-state index contributed by atoms with van der Waals surface area (Å²) in [4.78, 5) is 33.0. The smallest absolute Gasteiger partial charge is 0.264 e. The number of amidine groups is 1. The van der Waals surface area contributed by atoms with E-state index in [2.05, 4.69) is 30.4 Å². The largest absolute Gasteiger partial charge is 0.289 e. The molecule has 3 aromatic rings. The Kier molecular flexibility index (Phi) is 3.73. The predicted molar refractivity (Wildman–Crippen MR) is 137 cm³/mol. The van der Waals surface area contributed by atoms with Gasteiger partial charge in [0.25, 0.3) is 5.91 Å². The highest BCUT2D eigenvalue weighted by Gasteiger charge is 2.41. The molecule has 4 nitrogen and oxygen atoms in total. The summed E-state index contributed by atoms with van der Waals surface area (Å²) in [7, 11) is 0. The molecule has 0 spiro atoms. The average Bonchev–Trinajstić information content (AvgIpc) is 2.98. The molecule has 0 N–H and O–H groups in total. The number of hydrogen-bond acceptors (Lipinski definition) is 3. The third kappa shape index (κ3) is 2.57. The van der Waals surface area contributed by atoms with Crippen LogP contribution in [0.4, 0.5) is 11.4 Å². The van der Waals surface area contributed by atoms with Gasteiger partial charge in [0.2, 0.25) is 0 Å². The van der Waals surface area contributed by atoms with Gasteiger partial charge in [0, 0.05) is 11.0 Å². The first-order valence-corrected chi connectivity index (χ1v) is 11.4. The highest BCUT2D eigenvalue weighted by atomic mass is 16.2. The number of aliphatic imine (C=N–C) groups is 1. The molecular weight excluding hydrogens is 420 g/mol. The number of allylic oxidation sites excluding steroid dienone is 4. The van der Waals surface area contributed by atoms with Gasteiger partial charge >= 0.3 is 0 Å². The Balaban J connectivity index is 1.49. The van der Waals surface area contributed by atoms with Gasteiger partial charge in [0.1, 0.15) is 5.84 Å². The molecule has 1 amide bonds. The Labute approximate surface area is 196 Å². The zero-order valence-corrected chi connectivity index (χ0v) is 18.8. The number of carbonyl (C=O) groups excluding carboxylic acids is 1. The van der Waals surface area contributed by atoms with E-state index in [1.54, 1.807) is 4.90 Å². The van der Waals surface area contributed by atoms with E-state index in [0.717, 1.165) is 67.5 Å². The number of benzene rings is 2. The maximum Gasteiger partial charge on any atom is 0.264 e. The quantitative estimate of drug-likeness (QED) is 0.434. The third-order valence-corrected chi connectivity index (χ3v) is 7.05. The van der Waals surface area contributed by atoms with Crippen LogP contribution >= 0.6 is 0 Å². The van der Waals surface area contributed by atoms with Gasteiger partial charge in [0.05, 0.1) is 16.9 Å². The lowest BCUT2D eigenvalue weighted by Crippen LogP contribution is -2.31. The van der Waals surface area contributed by atoms with E-state index in [1.807, 2.05) is 56.3 Å². The zero-order chi connectivity index (χ0) is 23.1. The molecule has 0 radical (unpaired) electrons. The number of aryl methyl sites for hydroxylation is 2. The SMILES string of the molecule is Cc1cc2c(cc(C)c1=O)C=C1C=C3C(=CC(=C2)C1)C(=O)N1C3=Nc2cccc3cccc1c23. The molecule has 1 saturated heterocycles. The Hall–Kier alpha value is -4.31. The van der Waals surface area contributed by atoms with E-state index in [9.17, 15) is 9.59 Å². The van der Waals surface area contributed by atoms with Gasteiger partial charge in [-0.25, -0.2) is 4.99 Å². The van der Waals surface area contributed by atoms with Crippen molar-refractivity contribution in [3.63, 3.8) is 0 Å². The summed E-state index contributed by atoms with van der Waals surface area (Å²) < 4.78 is 0. The Morgan fingerprint density at radius 3 is 2.15 bits per heavy atom. The molecule has 4 aliphatic rings. The molecule has 0 saturated carbocycles.